The number of hydrogen-bond acceptors (Lipinski definition) is 4. The van der Waals surface area contributed by atoms with Crippen molar-refractivity contribution >= 4 is 39.1 Å². The molecule has 9 heteroatoms. The summed E-state index contributed by atoms with van der Waals surface area (Å²) in [7, 11) is -3.80. The quantitative estimate of drug-likeness (QED) is 0.718. The van der Waals surface area contributed by atoms with Gasteiger partial charge in [-0.3, -0.25) is 4.79 Å². The summed E-state index contributed by atoms with van der Waals surface area (Å²) in [6.45, 7) is 4.48. The molecule has 1 amide bonds. The van der Waals surface area contributed by atoms with Gasteiger partial charge in [-0.1, -0.05) is 29.3 Å². The molecule has 2 aromatic carbocycles. The Morgan fingerprint density at radius 1 is 1.00 bits per heavy atom. The third kappa shape index (κ3) is 4.60. The van der Waals surface area contributed by atoms with E-state index in [9.17, 15) is 13.2 Å². The zero-order valence-corrected chi connectivity index (χ0v) is 17.8. The number of ether oxygens (including phenoxy) is 1. The molecule has 1 fully saturated rings. The molecule has 6 nitrogen and oxygen atoms in total. The first kappa shape index (κ1) is 20.9. The number of carbonyl (C=O) groups excluding carboxylic acids is 1. The van der Waals surface area contributed by atoms with Gasteiger partial charge >= 0.3 is 0 Å². The van der Waals surface area contributed by atoms with Gasteiger partial charge in [0.2, 0.25) is 15.9 Å². The lowest BCUT2D eigenvalue weighted by Crippen LogP contribution is -2.49. The van der Waals surface area contributed by atoms with Crippen molar-refractivity contribution < 1.29 is 17.9 Å². The van der Waals surface area contributed by atoms with Crippen molar-refractivity contribution in [1.29, 1.82) is 0 Å². The summed E-state index contributed by atoms with van der Waals surface area (Å²) >= 11 is 12.0. The highest BCUT2D eigenvalue weighted by Crippen LogP contribution is 2.34. The van der Waals surface area contributed by atoms with Crippen molar-refractivity contribution in [3.8, 4) is 11.5 Å². The number of rotatable bonds is 4. The summed E-state index contributed by atoms with van der Waals surface area (Å²) < 4.78 is 33.7. The highest BCUT2D eigenvalue weighted by atomic mass is 35.5. The molecule has 150 valence electrons. The molecule has 0 aliphatic carbocycles. The van der Waals surface area contributed by atoms with Crippen LogP contribution in [0.5, 0.6) is 11.5 Å². The van der Waals surface area contributed by atoms with E-state index in [2.05, 4.69) is 0 Å². The van der Waals surface area contributed by atoms with Crippen LogP contribution in [0.25, 0.3) is 0 Å². The minimum atomic E-state index is -3.80. The van der Waals surface area contributed by atoms with Gasteiger partial charge in [0.15, 0.2) is 0 Å². The molecular weight excluding hydrogens is 423 g/mol. The molecule has 28 heavy (non-hydrogen) atoms. The van der Waals surface area contributed by atoms with Crippen molar-refractivity contribution in [3.05, 3.63) is 52.0 Å². The summed E-state index contributed by atoms with van der Waals surface area (Å²) in [6, 6.07) is 9.66. The summed E-state index contributed by atoms with van der Waals surface area (Å²) in [4.78, 5) is 13.2. The standard InChI is InChI=1S/C19H20Cl2N2O4S/c1-13-3-4-18(27-17-11-15(20)10-16(21)12-17)19(9-13)28(25,26)23-7-5-22(6-8-23)14(2)24/h3-4,9-12H,5-8H2,1-2H3. The van der Waals surface area contributed by atoms with Crippen LogP contribution in [-0.4, -0.2) is 49.7 Å². The molecular formula is C19H20Cl2N2O4S. The van der Waals surface area contributed by atoms with Gasteiger partial charge in [-0.25, -0.2) is 8.42 Å². The SMILES string of the molecule is CC(=O)N1CCN(S(=O)(=O)c2cc(C)ccc2Oc2cc(Cl)cc(Cl)c2)CC1. The molecule has 1 aliphatic heterocycles. The molecule has 0 spiro atoms. The molecule has 2 aromatic rings. The maximum Gasteiger partial charge on any atom is 0.246 e. The van der Waals surface area contributed by atoms with Gasteiger partial charge in [0.1, 0.15) is 16.4 Å². The lowest BCUT2D eigenvalue weighted by atomic mass is 10.2. The Balaban J connectivity index is 1.92. The normalized spacial score (nSPS) is 15.5. The fraction of sp³-hybridized carbons (Fsp3) is 0.316. The highest BCUT2D eigenvalue weighted by molar-refractivity contribution is 7.89. The highest BCUT2D eigenvalue weighted by Gasteiger charge is 2.31. The minimum Gasteiger partial charge on any atom is -0.456 e. The van der Waals surface area contributed by atoms with Crippen LogP contribution in [0.1, 0.15) is 12.5 Å². The summed E-state index contributed by atoms with van der Waals surface area (Å²) in [5.74, 6) is 0.478. The van der Waals surface area contributed by atoms with Gasteiger partial charge in [-0.05, 0) is 42.8 Å². The predicted octanol–water partition coefficient (Wildman–Crippen LogP) is 3.95. The molecule has 0 aromatic heterocycles. The van der Waals surface area contributed by atoms with E-state index < -0.39 is 10.0 Å². The van der Waals surface area contributed by atoms with Gasteiger partial charge in [-0.2, -0.15) is 4.31 Å². The molecule has 0 N–H and O–H groups in total. The Hall–Kier alpha value is -1.80. The van der Waals surface area contributed by atoms with Gasteiger partial charge in [0.05, 0.1) is 0 Å². The maximum absolute atomic E-state index is 13.3. The molecule has 0 radical (unpaired) electrons. The zero-order chi connectivity index (χ0) is 20.5. The summed E-state index contributed by atoms with van der Waals surface area (Å²) in [5, 5.41) is 0.777. The first-order valence-corrected chi connectivity index (χ1v) is 10.9. The van der Waals surface area contributed by atoms with Crippen LogP contribution in [0.3, 0.4) is 0 Å². The van der Waals surface area contributed by atoms with Crippen LogP contribution in [0.15, 0.2) is 41.3 Å². The van der Waals surface area contributed by atoms with Crippen molar-refractivity contribution in [2.45, 2.75) is 18.7 Å². The lowest BCUT2D eigenvalue weighted by Gasteiger charge is -2.33. The summed E-state index contributed by atoms with van der Waals surface area (Å²) in [5.41, 5.74) is 0.789. The number of halogens is 2. The Bertz CT molecular complexity index is 983. The second-order valence-electron chi connectivity index (χ2n) is 6.57. The third-order valence-corrected chi connectivity index (χ3v) is 6.82. The monoisotopic (exact) mass is 442 g/mol. The molecule has 3 rings (SSSR count). The largest absolute Gasteiger partial charge is 0.456 e. The van der Waals surface area contributed by atoms with E-state index in [-0.39, 0.29) is 29.6 Å². The molecule has 0 atom stereocenters. The number of amides is 1. The molecule has 1 aliphatic rings. The first-order chi connectivity index (χ1) is 13.2. The molecule has 0 unspecified atom stereocenters. The fourth-order valence-corrected chi connectivity index (χ4v) is 5.13. The Morgan fingerprint density at radius 2 is 1.61 bits per heavy atom. The van der Waals surface area contributed by atoms with E-state index in [1.807, 2.05) is 6.92 Å². The fourth-order valence-electron chi connectivity index (χ4n) is 3.00. The number of carbonyl (C=O) groups is 1. The van der Waals surface area contributed by atoms with E-state index in [1.54, 1.807) is 41.3 Å². The molecule has 1 heterocycles. The predicted molar refractivity (Wildman–Crippen MR) is 109 cm³/mol. The Morgan fingerprint density at radius 3 is 2.18 bits per heavy atom. The van der Waals surface area contributed by atoms with Crippen LogP contribution >= 0.6 is 23.2 Å². The van der Waals surface area contributed by atoms with Gasteiger partial charge in [-0.15, -0.1) is 0 Å². The van der Waals surface area contributed by atoms with Crippen LogP contribution in [0.2, 0.25) is 10.0 Å². The number of nitrogens with zero attached hydrogens (tertiary/aromatic N) is 2. The lowest BCUT2D eigenvalue weighted by molar-refractivity contribution is -0.129. The number of aryl methyl sites for hydroxylation is 1. The Kier molecular flexibility index (Phi) is 6.19. The third-order valence-electron chi connectivity index (χ3n) is 4.46. The number of piperazine rings is 1. The van der Waals surface area contributed by atoms with Crippen LogP contribution < -0.4 is 4.74 Å². The van der Waals surface area contributed by atoms with Crippen LogP contribution in [0.4, 0.5) is 0 Å². The minimum absolute atomic E-state index is 0.0607. The number of sulfonamides is 1. The van der Waals surface area contributed by atoms with Crippen molar-refractivity contribution in [2.75, 3.05) is 26.2 Å². The number of hydrogen-bond donors (Lipinski definition) is 0. The molecule has 0 bridgehead atoms. The van der Waals surface area contributed by atoms with Crippen molar-refractivity contribution in [3.63, 3.8) is 0 Å². The van der Waals surface area contributed by atoms with Crippen LogP contribution in [-0.2, 0) is 14.8 Å². The second kappa shape index (κ2) is 8.29. The van der Waals surface area contributed by atoms with Crippen LogP contribution in [0, 0.1) is 6.92 Å². The van der Waals surface area contributed by atoms with Crippen molar-refractivity contribution in [2.24, 2.45) is 0 Å². The Labute approximate surface area is 174 Å². The average Bonchev–Trinajstić information content (AvgIpc) is 2.62. The average molecular weight is 443 g/mol. The van der Waals surface area contributed by atoms with E-state index >= 15 is 0 Å². The van der Waals surface area contributed by atoms with E-state index in [1.165, 1.54) is 11.2 Å². The first-order valence-electron chi connectivity index (χ1n) is 8.67. The van der Waals surface area contributed by atoms with E-state index in [0.29, 0.717) is 28.9 Å². The van der Waals surface area contributed by atoms with Crippen molar-refractivity contribution in [1.82, 2.24) is 9.21 Å². The topological polar surface area (TPSA) is 66.9 Å². The maximum atomic E-state index is 13.3. The second-order valence-corrected chi connectivity index (χ2v) is 9.35. The van der Waals surface area contributed by atoms with Gasteiger partial charge in [0.25, 0.3) is 0 Å². The van der Waals surface area contributed by atoms with E-state index in [4.69, 9.17) is 27.9 Å². The number of benzene rings is 2. The molecule has 1 saturated heterocycles. The zero-order valence-electron chi connectivity index (χ0n) is 15.5. The van der Waals surface area contributed by atoms with E-state index in [0.717, 1.165) is 5.56 Å². The smallest absolute Gasteiger partial charge is 0.246 e. The van der Waals surface area contributed by atoms with Gasteiger partial charge in [0, 0.05) is 43.1 Å². The summed E-state index contributed by atoms with van der Waals surface area (Å²) in [6.07, 6.45) is 0. The van der Waals surface area contributed by atoms with Gasteiger partial charge < -0.3 is 9.64 Å². The molecule has 0 saturated carbocycles.